The number of halogens is 3. The fourth-order valence-electron chi connectivity index (χ4n) is 5.58. The first-order valence-electron chi connectivity index (χ1n) is 18.2. The summed E-state index contributed by atoms with van der Waals surface area (Å²) < 4.78 is 60.1. The summed E-state index contributed by atoms with van der Waals surface area (Å²) in [5, 5.41) is 0. The maximum atomic E-state index is 10.7. The highest BCUT2D eigenvalue weighted by atomic mass is 32.2. The lowest BCUT2D eigenvalue weighted by Crippen LogP contribution is -2.41. The van der Waals surface area contributed by atoms with Crippen molar-refractivity contribution < 1.29 is 30.6 Å². The van der Waals surface area contributed by atoms with Gasteiger partial charge in [-0.3, -0.25) is 0 Å². The Kier molecular flexibility index (Phi) is 31.6. The van der Waals surface area contributed by atoms with E-state index in [4.69, 9.17) is 13.0 Å². The van der Waals surface area contributed by atoms with E-state index in [9.17, 15) is 13.2 Å². The average Bonchev–Trinajstić information content (AvgIpc) is 2.92. The minimum atomic E-state index is -6.09. The largest absolute Gasteiger partial charge is 0.741 e. The van der Waals surface area contributed by atoms with Crippen molar-refractivity contribution in [3.8, 4) is 0 Å². The fraction of sp³-hybridized carbons (Fsp3) is 1.00. The van der Waals surface area contributed by atoms with E-state index in [2.05, 4.69) is 27.9 Å². The van der Waals surface area contributed by atoms with E-state index in [-0.39, 0.29) is 0 Å². The van der Waals surface area contributed by atoms with Crippen LogP contribution >= 0.6 is 0 Å². The molecule has 4 nitrogen and oxygen atoms in total. The van der Waals surface area contributed by atoms with Crippen molar-refractivity contribution in [3.05, 3.63) is 0 Å². The monoisotopic (exact) mass is 644 g/mol. The number of unbranched alkanes of at least 4 members (excludes halogenated alkanes) is 26. The normalized spacial score (nSPS) is 12.4. The maximum Gasteiger partial charge on any atom is 0.485 e. The van der Waals surface area contributed by atoms with E-state index in [0.717, 1.165) is 0 Å². The molecule has 0 fully saturated rings. The minimum Gasteiger partial charge on any atom is -0.741 e. The third-order valence-corrected chi connectivity index (χ3v) is 9.08. The van der Waals surface area contributed by atoms with Crippen LogP contribution < -0.4 is 0 Å². The third-order valence-electron chi connectivity index (χ3n) is 8.52. The lowest BCUT2D eigenvalue weighted by atomic mass is 10.0. The second-order valence-electron chi connectivity index (χ2n) is 13.5. The summed E-state index contributed by atoms with van der Waals surface area (Å²) in [7, 11) is -1.16. The van der Waals surface area contributed by atoms with Crippen molar-refractivity contribution in [2.45, 2.75) is 199 Å². The van der Waals surface area contributed by atoms with Crippen LogP contribution in [0.5, 0.6) is 0 Å². The Balaban J connectivity index is 0. The second kappa shape index (κ2) is 30.3. The van der Waals surface area contributed by atoms with Gasteiger partial charge in [0.25, 0.3) is 0 Å². The predicted molar refractivity (Wildman–Crippen MR) is 178 cm³/mol. The third kappa shape index (κ3) is 36.0. The highest BCUT2D eigenvalue weighted by Crippen LogP contribution is 2.20. The Bertz CT molecular complexity index is 636. The van der Waals surface area contributed by atoms with Gasteiger partial charge >= 0.3 is 5.51 Å². The van der Waals surface area contributed by atoms with E-state index in [1.165, 1.54) is 197 Å². The molecule has 8 heteroatoms. The summed E-state index contributed by atoms with van der Waals surface area (Å²) in [6.07, 6.45) is 40.9. The average molecular weight is 644 g/mol. The SMILES string of the molecule is CCCCCCCCCCCCCCCC[N+](C)(C)CCCCCCCCCCCCCCCC.O=S(=O)([O-])C(F)(F)F. The molecule has 0 saturated carbocycles. The van der Waals surface area contributed by atoms with E-state index < -0.39 is 15.6 Å². The molecule has 0 amide bonds. The summed E-state index contributed by atoms with van der Waals surface area (Å²) in [4.78, 5) is 0. The molecule has 0 aliphatic heterocycles. The molecule has 0 bridgehead atoms. The lowest BCUT2D eigenvalue weighted by Gasteiger charge is -2.30. The topological polar surface area (TPSA) is 57.2 Å². The molecule has 0 atom stereocenters. The molecule has 43 heavy (non-hydrogen) atoms. The molecule has 262 valence electrons. The lowest BCUT2D eigenvalue weighted by molar-refractivity contribution is -0.890. The Morgan fingerprint density at radius 3 is 0.767 bits per heavy atom. The summed E-state index contributed by atoms with van der Waals surface area (Å²) in [5.41, 5.74) is -5.65. The molecule has 0 saturated heterocycles. The fourth-order valence-corrected chi connectivity index (χ4v) is 5.58. The quantitative estimate of drug-likeness (QED) is 0.0339. The van der Waals surface area contributed by atoms with E-state index in [1.54, 1.807) is 0 Å². The van der Waals surface area contributed by atoms with Crippen molar-refractivity contribution in [2.75, 3.05) is 27.2 Å². The smallest absolute Gasteiger partial charge is 0.485 e. The van der Waals surface area contributed by atoms with E-state index >= 15 is 0 Å². The molecule has 0 aliphatic rings. The van der Waals surface area contributed by atoms with Gasteiger partial charge in [-0.05, 0) is 25.7 Å². The van der Waals surface area contributed by atoms with Crippen LogP contribution in [0.1, 0.15) is 194 Å². The number of rotatable bonds is 30. The second-order valence-corrected chi connectivity index (χ2v) is 14.8. The van der Waals surface area contributed by atoms with Crippen LogP contribution in [0.4, 0.5) is 13.2 Å². The molecule has 0 N–H and O–H groups in total. The van der Waals surface area contributed by atoms with Crippen molar-refractivity contribution in [1.82, 2.24) is 0 Å². The molecule has 0 spiro atoms. The van der Waals surface area contributed by atoms with Crippen LogP contribution in [0.3, 0.4) is 0 Å². The molecule has 0 unspecified atom stereocenters. The summed E-state index contributed by atoms with van der Waals surface area (Å²) >= 11 is 0. The summed E-state index contributed by atoms with van der Waals surface area (Å²) in [6, 6.07) is 0. The first kappa shape index (κ1) is 44.8. The van der Waals surface area contributed by atoms with Gasteiger partial charge in [-0.15, -0.1) is 0 Å². The van der Waals surface area contributed by atoms with Crippen LogP contribution in [-0.4, -0.2) is 50.1 Å². The molecule has 0 rings (SSSR count). The van der Waals surface area contributed by atoms with Crippen molar-refractivity contribution >= 4 is 10.1 Å². The molecule has 0 radical (unpaired) electrons. The van der Waals surface area contributed by atoms with Gasteiger partial charge in [-0.1, -0.05) is 168 Å². The molecular weight excluding hydrogens is 571 g/mol. The van der Waals surface area contributed by atoms with Crippen LogP contribution in [0.25, 0.3) is 0 Å². The highest BCUT2D eigenvalue weighted by molar-refractivity contribution is 7.86. The molecule has 0 aromatic rings. The molecule has 0 aromatic heterocycles. The first-order valence-corrected chi connectivity index (χ1v) is 19.6. The van der Waals surface area contributed by atoms with Crippen LogP contribution in [0, 0.1) is 0 Å². The van der Waals surface area contributed by atoms with Gasteiger partial charge in [-0.2, -0.15) is 13.2 Å². The molecule has 0 aliphatic carbocycles. The van der Waals surface area contributed by atoms with Crippen molar-refractivity contribution in [1.29, 1.82) is 0 Å². The Morgan fingerprint density at radius 1 is 0.442 bits per heavy atom. The number of quaternary nitrogens is 1. The van der Waals surface area contributed by atoms with Gasteiger partial charge in [0, 0.05) is 0 Å². The standard InChI is InChI=1S/C34H72N.CHF3O3S/c1-5-7-9-11-13-15-17-19-21-23-25-27-29-31-33-35(3,4)34-32-30-28-26-24-22-20-18-16-14-12-10-8-6-2;2-1(3,4)8(5,6)7/h5-34H2,1-4H3;(H,5,6,7)/q+1;/p-1. The van der Waals surface area contributed by atoms with Gasteiger partial charge in [-0.25, -0.2) is 8.42 Å². The highest BCUT2D eigenvalue weighted by Gasteiger charge is 2.36. The van der Waals surface area contributed by atoms with E-state index in [0.29, 0.717) is 0 Å². The number of hydrogen-bond donors (Lipinski definition) is 0. The Morgan fingerprint density at radius 2 is 0.605 bits per heavy atom. The van der Waals surface area contributed by atoms with Crippen molar-refractivity contribution in [2.24, 2.45) is 0 Å². The first-order chi connectivity index (χ1) is 20.4. The zero-order chi connectivity index (χ0) is 32.7. The minimum absolute atomic E-state index is 1.25. The predicted octanol–water partition coefficient (Wildman–Crippen LogP) is 12.1. The zero-order valence-corrected chi connectivity index (χ0v) is 29.7. The number of hydrogen-bond acceptors (Lipinski definition) is 3. The van der Waals surface area contributed by atoms with Crippen molar-refractivity contribution in [3.63, 3.8) is 0 Å². The van der Waals surface area contributed by atoms with Gasteiger partial charge in [0.2, 0.25) is 0 Å². The molecular formula is C35H72F3NO3S. The van der Waals surface area contributed by atoms with Gasteiger partial charge in [0.1, 0.15) is 0 Å². The number of alkyl halides is 3. The molecule has 0 aromatic carbocycles. The molecule has 0 heterocycles. The van der Waals surface area contributed by atoms with Crippen LogP contribution in [0.15, 0.2) is 0 Å². The zero-order valence-electron chi connectivity index (χ0n) is 28.9. The number of nitrogens with zero attached hydrogens (tertiary/aromatic N) is 1. The maximum absolute atomic E-state index is 10.7. The van der Waals surface area contributed by atoms with Gasteiger partial charge < -0.3 is 9.04 Å². The summed E-state index contributed by atoms with van der Waals surface area (Å²) in [5.74, 6) is 0. The Labute approximate surface area is 266 Å². The van der Waals surface area contributed by atoms with Crippen LogP contribution in [-0.2, 0) is 10.1 Å². The van der Waals surface area contributed by atoms with Crippen LogP contribution in [0.2, 0.25) is 0 Å². The van der Waals surface area contributed by atoms with E-state index in [1.807, 2.05) is 0 Å². The Hall–Kier alpha value is -0.340. The van der Waals surface area contributed by atoms with Gasteiger partial charge in [0.15, 0.2) is 10.1 Å². The van der Waals surface area contributed by atoms with Gasteiger partial charge in [0.05, 0.1) is 27.2 Å². The summed E-state index contributed by atoms with van der Waals surface area (Å²) in [6.45, 7) is 7.38.